The van der Waals surface area contributed by atoms with Crippen LogP contribution < -0.4 is 10.6 Å². The first-order valence-electron chi connectivity index (χ1n) is 12.5. The van der Waals surface area contributed by atoms with E-state index in [9.17, 15) is 18.4 Å². The fraction of sp³-hybridized carbons (Fsp3) is 0.310. The van der Waals surface area contributed by atoms with E-state index in [2.05, 4.69) is 20.6 Å². The van der Waals surface area contributed by atoms with Crippen molar-refractivity contribution >= 4 is 29.7 Å². The predicted molar refractivity (Wildman–Crippen MR) is 147 cm³/mol. The number of pyridine rings is 2. The van der Waals surface area contributed by atoms with Gasteiger partial charge in [-0.3, -0.25) is 4.98 Å². The number of benzene rings is 1. The van der Waals surface area contributed by atoms with Gasteiger partial charge in [-0.1, -0.05) is 24.3 Å². The van der Waals surface area contributed by atoms with E-state index < -0.39 is 23.5 Å². The number of amides is 3. The summed E-state index contributed by atoms with van der Waals surface area (Å²) in [5.74, 6) is -0.822. The smallest absolute Gasteiger partial charge is 0.418 e. The highest BCUT2D eigenvalue weighted by atomic mass is 19.1. The molecular weight excluding hydrogens is 504 g/mol. The van der Waals surface area contributed by atoms with Crippen LogP contribution in [0.2, 0.25) is 0 Å². The number of anilines is 2. The van der Waals surface area contributed by atoms with Crippen LogP contribution in [0.1, 0.15) is 50.2 Å². The van der Waals surface area contributed by atoms with Gasteiger partial charge in [-0.25, -0.2) is 28.3 Å². The highest BCUT2D eigenvalue weighted by Gasteiger charge is 2.29. The summed E-state index contributed by atoms with van der Waals surface area (Å²) >= 11 is 0. The number of nitrogens with zero attached hydrogens (tertiary/aromatic N) is 3. The minimum Gasteiger partial charge on any atom is -0.443 e. The summed E-state index contributed by atoms with van der Waals surface area (Å²) in [5.41, 5.74) is 1.26. The molecule has 0 saturated heterocycles. The number of allylic oxidation sites excluding steroid dienone is 1. The second-order valence-electron chi connectivity index (χ2n) is 9.82. The number of hydrogen-bond acceptors (Lipinski definition) is 6. The third-order valence-corrected chi connectivity index (χ3v) is 5.45. The molecule has 8 nitrogen and oxygen atoms in total. The van der Waals surface area contributed by atoms with Gasteiger partial charge in [0.25, 0.3) is 0 Å². The zero-order valence-electron chi connectivity index (χ0n) is 22.7. The molecule has 0 unspecified atom stereocenters. The topological polar surface area (TPSA) is 96.5 Å². The van der Waals surface area contributed by atoms with Crippen LogP contribution in [0.4, 0.5) is 29.9 Å². The van der Waals surface area contributed by atoms with Gasteiger partial charge in [-0.05, 0) is 76.4 Å². The van der Waals surface area contributed by atoms with E-state index >= 15 is 0 Å². The van der Waals surface area contributed by atoms with E-state index in [0.717, 1.165) is 22.1 Å². The molecule has 0 fully saturated rings. The molecule has 3 amide bonds. The molecule has 2 N–H and O–H groups in total. The maximum atomic E-state index is 14.8. The molecule has 0 aliphatic heterocycles. The lowest BCUT2D eigenvalue weighted by molar-refractivity contribution is 0.0318. The normalized spacial score (nSPS) is 11.4. The van der Waals surface area contributed by atoms with Crippen LogP contribution in [0.15, 0.2) is 54.7 Å². The summed E-state index contributed by atoms with van der Waals surface area (Å²) in [5, 5.41) is 5.68. The number of carbonyl (C=O) groups excluding carboxylic acids is 2. The number of aromatic nitrogens is 2. The number of nitrogens with one attached hydrogen (secondary N) is 2. The molecule has 0 atom stereocenters. The molecular formula is C29H33F2N5O3. The van der Waals surface area contributed by atoms with E-state index in [1.807, 2.05) is 13.0 Å². The Hall–Kier alpha value is -4.34. The molecule has 206 valence electrons. The highest BCUT2D eigenvalue weighted by molar-refractivity contribution is 6.00. The van der Waals surface area contributed by atoms with Gasteiger partial charge in [0, 0.05) is 18.8 Å². The van der Waals surface area contributed by atoms with Gasteiger partial charge in [0.15, 0.2) is 11.6 Å². The van der Waals surface area contributed by atoms with Crippen molar-refractivity contribution in [1.82, 2.24) is 14.9 Å². The SMILES string of the molecule is CC=Cc1nc(NCCc2cccc(F)c2)c(NC(=O)N(Cc2ncccc2C)C(=O)OC(C)(C)C)cc1F. The number of imide groups is 1. The Morgan fingerprint density at radius 1 is 1.13 bits per heavy atom. The van der Waals surface area contributed by atoms with E-state index in [-0.39, 0.29) is 29.6 Å². The Morgan fingerprint density at radius 3 is 2.56 bits per heavy atom. The van der Waals surface area contributed by atoms with Crippen molar-refractivity contribution in [1.29, 1.82) is 0 Å². The maximum absolute atomic E-state index is 14.8. The molecule has 0 saturated carbocycles. The standard InChI is InChI=1S/C29H33F2N5O3/c1-6-9-23-22(31)17-24(26(34-23)33-15-13-20-11-7-12-21(30)16-20)35-27(37)36(28(38)39-29(3,4)5)18-25-19(2)10-8-14-32-25/h6-12,14,16-17H,13,15,18H2,1-5H3,(H,33,34)(H,35,37). The van der Waals surface area contributed by atoms with Crippen molar-refractivity contribution < 1.29 is 23.1 Å². The monoisotopic (exact) mass is 537 g/mol. The van der Waals surface area contributed by atoms with Crippen LogP contribution in [-0.4, -0.2) is 39.1 Å². The van der Waals surface area contributed by atoms with Crippen LogP contribution in [0.5, 0.6) is 0 Å². The number of carbonyl (C=O) groups is 2. The van der Waals surface area contributed by atoms with Crippen molar-refractivity contribution in [3.63, 3.8) is 0 Å². The quantitative estimate of drug-likeness (QED) is 0.331. The van der Waals surface area contributed by atoms with Crippen molar-refractivity contribution in [2.75, 3.05) is 17.2 Å². The molecule has 10 heteroatoms. The Morgan fingerprint density at radius 2 is 1.90 bits per heavy atom. The lowest BCUT2D eigenvalue weighted by Gasteiger charge is -2.26. The molecule has 3 aromatic rings. The molecule has 0 aliphatic carbocycles. The highest BCUT2D eigenvalue weighted by Crippen LogP contribution is 2.25. The first-order chi connectivity index (χ1) is 18.5. The fourth-order valence-corrected chi connectivity index (χ4v) is 3.58. The van der Waals surface area contributed by atoms with Gasteiger partial charge >= 0.3 is 12.1 Å². The summed E-state index contributed by atoms with van der Waals surface area (Å²) in [7, 11) is 0. The second-order valence-corrected chi connectivity index (χ2v) is 9.82. The number of aryl methyl sites for hydroxylation is 1. The molecule has 1 aromatic carbocycles. The molecule has 2 heterocycles. The van der Waals surface area contributed by atoms with Crippen LogP contribution in [0.25, 0.3) is 6.08 Å². The van der Waals surface area contributed by atoms with E-state index in [4.69, 9.17) is 4.74 Å². The van der Waals surface area contributed by atoms with Crippen molar-refractivity contribution in [2.45, 2.75) is 53.2 Å². The molecule has 3 rings (SSSR count). The third kappa shape index (κ3) is 8.59. The van der Waals surface area contributed by atoms with Crippen LogP contribution in [0, 0.1) is 18.6 Å². The maximum Gasteiger partial charge on any atom is 0.418 e. The largest absolute Gasteiger partial charge is 0.443 e. The molecule has 0 spiro atoms. The summed E-state index contributed by atoms with van der Waals surface area (Å²) in [6.45, 7) is 8.76. The van der Waals surface area contributed by atoms with Gasteiger partial charge in [-0.2, -0.15) is 0 Å². The molecule has 0 bridgehead atoms. The van der Waals surface area contributed by atoms with E-state index in [1.54, 1.807) is 58.2 Å². The van der Waals surface area contributed by atoms with Crippen LogP contribution in [0.3, 0.4) is 0 Å². The number of halogens is 2. The zero-order valence-corrected chi connectivity index (χ0v) is 22.7. The average Bonchev–Trinajstić information content (AvgIpc) is 2.85. The van der Waals surface area contributed by atoms with Crippen LogP contribution in [-0.2, 0) is 17.7 Å². The van der Waals surface area contributed by atoms with Gasteiger partial charge in [-0.15, -0.1) is 0 Å². The first kappa shape index (κ1) is 29.2. The van der Waals surface area contributed by atoms with E-state index in [0.29, 0.717) is 18.7 Å². The minimum atomic E-state index is -0.885. The van der Waals surface area contributed by atoms with Gasteiger partial charge < -0.3 is 15.4 Å². The Labute approximate surface area is 227 Å². The predicted octanol–water partition coefficient (Wildman–Crippen LogP) is 6.72. The third-order valence-electron chi connectivity index (χ3n) is 5.45. The fourth-order valence-electron chi connectivity index (χ4n) is 3.58. The van der Waals surface area contributed by atoms with Gasteiger partial charge in [0.1, 0.15) is 17.1 Å². The van der Waals surface area contributed by atoms with Gasteiger partial charge in [0.2, 0.25) is 0 Å². The summed E-state index contributed by atoms with van der Waals surface area (Å²) in [6.07, 6.45) is 4.26. The Bertz CT molecular complexity index is 1350. The van der Waals surface area contributed by atoms with Crippen molar-refractivity contribution in [2.24, 2.45) is 0 Å². The number of urea groups is 1. The number of rotatable bonds is 8. The second kappa shape index (κ2) is 12.9. The lowest BCUT2D eigenvalue weighted by atomic mass is 10.1. The Balaban J connectivity index is 1.89. The number of hydrogen-bond donors (Lipinski definition) is 2. The van der Waals surface area contributed by atoms with Gasteiger partial charge in [0.05, 0.1) is 17.9 Å². The summed E-state index contributed by atoms with van der Waals surface area (Å²) < 4.78 is 33.8. The van der Waals surface area contributed by atoms with Crippen molar-refractivity contribution in [3.8, 4) is 0 Å². The molecule has 39 heavy (non-hydrogen) atoms. The zero-order chi connectivity index (χ0) is 28.6. The molecule has 2 aromatic heterocycles. The molecule has 0 aliphatic rings. The first-order valence-corrected chi connectivity index (χ1v) is 12.5. The minimum absolute atomic E-state index is 0.0243. The Kier molecular flexibility index (Phi) is 9.70. The lowest BCUT2D eigenvalue weighted by Crippen LogP contribution is -2.43. The summed E-state index contributed by atoms with van der Waals surface area (Å²) in [6, 6.07) is 10.0. The van der Waals surface area contributed by atoms with E-state index in [1.165, 1.54) is 18.2 Å². The molecule has 0 radical (unpaired) electrons. The summed E-state index contributed by atoms with van der Waals surface area (Å²) in [4.78, 5) is 35.9. The average molecular weight is 538 g/mol. The van der Waals surface area contributed by atoms with Crippen molar-refractivity contribution in [3.05, 3.63) is 88.9 Å². The number of ether oxygens (including phenoxy) is 1. The van der Waals surface area contributed by atoms with Crippen LogP contribution >= 0.6 is 0 Å².